The third kappa shape index (κ3) is 4.95. The number of hydrogen-bond acceptors (Lipinski definition) is 4. The van der Waals surface area contributed by atoms with Gasteiger partial charge in [-0.1, -0.05) is 32.4 Å². The van der Waals surface area contributed by atoms with E-state index in [4.69, 9.17) is 4.74 Å². The van der Waals surface area contributed by atoms with Crippen molar-refractivity contribution in [3.05, 3.63) is 35.4 Å². The molecule has 1 heterocycles. The van der Waals surface area contributed by atoms with Crippen molar-refractivity contribution in [1.82, 2.24) is 9.80 Å². The predicted octanol–water partition coefficient (Wildman–Crippen LogP) is 4.38. The highest BCUT2D eigenvalue weighted by Crippen LogP contribution is 2.44. The Hall–Kier alpha value is -2.01. The molecule has 0 spiro atoms. The number of piperazine rings is 1. The van der Waals surface area contributed by atoms with E-state index in [9.17, 15) is 9.90 Å². The second-order valence-electron chi connectivity index (χ2n) is 9.49. The fourth-order valence-electron chi connectivity index (χ4n) is 4.69. The number of benzene rings is 1. The predicted molar refractivity (Wildman–Crippen MR) is 116 cm³/mol. The average molecular weight is 401 g/mol. The Balaban J connectivity index is 1.91. The number of allylic oxidation sites excluding steroid dienone is 1. The van der Waals surface area contributed by atoms with Gasteiger partial charge >= 0.3 is 0 Å². The topological polar surface area (TPSA) is 53.0 Å². The molecule has 1 N–H and O–H groups in total. The van der Waals surface area contributed by atoms with Crippen molar-refractivity contribution in [1.29, 1.82) is 0 Å². The molecule has 1 aliphatic carbocycles. The molecule has 160 valence electrons. The average Bonchev–Trinajstić information content (AvgIpc) is 2.70. The highest BCUT2D eigenvalue weighted by atomic mass is 16.5. The molecule has 5 heteroatoms. The quantitative estimate of drug-likeness (QED) is 0.762. The number of hydrogen-bond donors (Lipinski definition) is 1. The van der Waals surface area contributed by atoms with E-state index < -0.39 is 0 Å². The minimum Gasteiger partial charge on any atom is -0.508 e. The van der Waals surface area contributed by atoms with Crippen LogP contribution in [-0.2, 0) is 4.79 Å². The number of aromatic hydroxyl groups is 1. The van der Waals surface area contributed by atoms with E-state index >= 15 is 0 Å². The SMILES string of the molecule is COc1ccc(O)c(C(C2=CCC(C(C)(C)C)CC2)N2CCN(C(C)=O)CC2)c1. The zero-order valence-electron chi connectivity index (χ0n) is 18.6. The Morgan fingerprint density at radius 3 is 2.41 bits per heavy atom. The standard InChI is InChI=1S/C24H36N2O3/c1-17(27)25-12-14-26(15-13-25)23(21-16-20(29-5)10-11-22(21)28)18-6-8-19(9-7-18)24(2,3)4/h6,10-11,16,19,23,28H,7-9,12-15H2,1-5H3. The van der Waals surface area contributed by atoms with Gasteiger partial charge in [0, 0.05) is 38.7 Å². The molecule has 3 rings (SSSR count). The number of rotatable bonds is 4. The van der Waals surface area contributed by atoms with Crippen LogP contribution in [0.2, 0.25) is 0 Å². The molecule has 2 atom stereocenters. The number of nitrogens with zero attached hydrogens (tertiary/aromatic N) is 2. The van der Waals surface area contributed by atoms with Crippen LogP contribution in [0.4, 0.5) is 0 Å². The summed E-state index contributed by atoms with van der Waals surface area (Å²) >= 11 is 0. The van der Waals surface area contributed by atoms with Crippen molar-refractivity contribution in [2.45, 2.75) is 53.0 Å². The molecule has 0 bridgehead atoms. The van der Waals surface area contributed by atoms with E-state index in [0.29, 0.717) is 17.1 Å². The molecule has 1 amide bonds. The minimum atomic E-state index is 0.0279. The zero-order valence-corrected chi connectivity index (χ0v) is 18.6. The summed E-state index contributed by atoms with van der Waals surface area (Å²) in [5.74, 6) is 1.88. The lowest BCUT2D eigenvalue weighted by Crippen LogP contribution is -2.49. The van der Waals surface area contributed by atoms with E-state index in [1.165, 1.54) is 12.0 Å². The number of phenolic OH excluding ortho intramolecular Hbond substituents is 1. The van der Waals surface area contributed by atoms with Gasteiger partial charge in [-0.25, -0.2) is 0 Å². The molecule has 1 aromatic rings. The fraction of sp³-hybridized carbons (Fsp3) is 0.625. The van der Waals surface area contributed by atoms with E-state index in [1.54, 1.807) is 26.2 Å². The summed E-state index contributed by atoms with van der Waals surface area (Å²) in [5.41, 5.74) is 2.59. The van der Waals surface area contributed by atoms with Gasteiger partial charge in [0.15, 0.2) is 0 Å². The van der Waals surface area contributed by atoms with Crippen molar-refractivity contribution in [3.63, 3.8) is 0 Å². The van der Waals surface area contributed by atoms with Crippen LogP contribution in [0.25, 0.3) is 0 Å². The molecule has 1 saturated heterocycles. The molecule has 0 aromatic heterocycles. The van der Waals surface area contributed by atoms with E-state index in [1.807, 2.05) is 11.0 Å². The van der Waals surface area contributed by atoms with Crippen molar-refractivity contribution < 1.29 is 14.6 Å². The molecular formula is C24H36N2O3. The van der Waals surface area contributed by atoms with Crippen LogP contribution >= 0.6 is 0 Å². The van der Waals surface area contributed by atoms with Gasteiger partial charge in [-0.2, -0.15) is 0 Å². The fourth-order valence-corrected chi connectivity index (χ4v) is 4.69. The summed E-state index contributed by atoms with van der Waals surface area (Å²) in [6.07, 6.45) is 5.69. The lowest BCUT2D eigenvalue weighted by Gasteiger charge is -2.42. The summed E-state index contributed by atoms with van der Waals surface area (Å²) < 4.78 is 5.44. The van der Waals surface area contributed by atoms with Crippen molar-refractivity contribution in [2.75, 3.05) is 33.3 Å². The Bertz CT molecular complexity index is 758. The number of ether oxygens (including phenoxy) is 1. The minimum absolute atomic E-state index is 0.0279. The third-order valence-electron chi connectivity index (χ3n) is 6.68. The van der Waals surface area contributed by atoms with E-state index in [2.05, 4.69) is 31.7 Å². The second-order valence-corrected chi connectivity index (χ2v) is 9.49. The second kappa shape index (κ2) is 8.78. The molecule has 5 nitrogen and oxygen atoms in total. The lowest BCUT2D eigenvalue weighted by molar-refractivity contribution is -0.130. The molecule has 1 aromatic carbocycles. The van der Waals surface area contributed by atoms with Crippen LogP contribution in [0.5, 0.6) is 11.5 Å². The molecule has 2 unspecified atom stereocenters. The maximum Gasteiger partial charge on any atom is 0.219 e. The Kier molecular flexibility index (Phi) is 6.57. The van der Waals surface area contributed by atoms with Gasteiger partial charge in [-0.3, -0.25) is 9.69 Å². The van der Waals surface area contributed by atoms with Crippen molar-refractivity contribution in [2.24, 2.45) is 11.3 Å². The maximum absolute atomic E-state index is 11.8. The van der Waals surface area contributed by atoms with Crippen LogP contribution in [0.1, 0.15) is 58.6 Å². The van der Waals surface area contributed by atoms with Crippen LogP contribution in [0.3, 0.4) is 0 Å². The molecular weight excluding hydrogens is 364 g/mol. The Labute approximate surface area is 175 Å². The normalized spacial score (nSPS) is 22.2. The molecule has 1 aliphatic heterocycles. The van der Waals surface area contributed by atoms with Gasteiger partial charge in [0.25, 0.3) is 0 Å². The molecule has 29 heavy (non-hydrogen) atoms. The number of carbonyl (C=O) groups is 1. The Morgan fingerprint density at radius 2 is 1.90 bits per heavy atom. The van der Waals surface area contributed by atoms with Crippen molar-refractivity contribution >= 4 is 5.91 Å². The zero-order chi connectivity index (χ0) is 21.2. The first-order valence-electron chi connectivity index (χ1n) is 10.8. The molecule has 1 fully saturated rings. The van der Waals surface area contributed by atoms with Gasteiger partial charge in [0.05, 0.1) is 13.2 Å². The first kappa shape index (κ1) is 21.7. The molecule has 0 radical (unpaired) electrons. The van der Waals surface area contributed by atoms with Crippen LogP contribution < -0.4 is 4.74 Å². The first-order chi connectivity index (χ1) is 13.7. The maximum atomic E-state index is 11.8. The Morgan fingerprint density at radius 1 is 1.21 bits per heavy atom. The van der Waals surface area contributed by atoms with Gasteiger partial charge < -0.3 is 14.7 Å². The number of carbonyl (C=O) groups excluding carboxylic acids is 1. The summed E-state index contributed by atoms with van der Waals surface area (Å²) in [4.78, 5) is 16.1. The van der Waals surface area contributed by atoms with Crippen molar-refractivity contribution in [3.8, 4) is 11.5 Å². The van der Waals surface area contributed by atoms with Crippen LogP contribution in [0.15, 0.2) is 29.8 Å². The van der Waals surface area contributed by atoms with Crippen LogP contribution in [-0.4, -0.2) is 54.1 Å². The number of methoxy groups -OCH3 is 1. The highest BCUT2D eigenvalue weighted by Gasteiger charge is 2.34. The van der Waals surface area contributed by atoms with E-state index in [0.717, 1.165) is 50.3 Å². The summed E-state index contributed by atoms with van der Waals surface area (Å²) in [5, 5.41) is 10.7. The van der Waals surface area contributed by atoms with Gasteiger partial charge in [-0.15, -0.1) is 0 Å². The van der Waals surface area contributed by atoms with E-state index in [-0.39, 0.29) is 11.9 Å². The number of phenols is 1. The first-order valence-corrected chi connectivity index (χ1v) is 10.8. The van der Waals surface area contributed by atoms with Crippen LogP contribution in [0, 0.1) is 11.3 Å². The monoisotopic (exact) mass is 400 g/mol. The third-order valence-corrected chi connectivity index (χ3v) is 6.68. The molecule has 2 aliphatic rings. The summed E-state index contributed by atoms with van der Waals surface area (Å²) in [6.45, 7) is 11.7. The number of amides is 1. The lowest BCUT2D eigenvalue weighted by atomic mass is 9.72. The van der Waals surface area contributed by atoms with Gasteiger partial charge in [-0.05, 0) is 48.8 Å². The smallest absolute Gasteiger partial charge is 0.219 e. The highest BCUT2D eigenvalue weighted by molar-refractivity contribution is 5.73. The summed E-state index contributed by atoms with van der Waals surface area (Å²) in [7, 11) is 1.66. The molecule has 0 saturated carbocycles. The largest absolute Gasteiger partial charge is 0.508 e. The summed E-state index contributed by atoms with van der Waals surface area (Å²) in [6, 6.07) is 5.52. The van der Waals surface area contributed by atoms with Gasteiger partial charge in [0.1, 0.15) is 11.5 Å². The van der Waals surface area contributed by atoms with Gasteiger partial charge in [0.2, 0.25) is 5.91 Å².